The molecule has 0 saturated heterocycles. The average molecular weight is 378 g/mol. The summed E-state index contributed by atoms with van der Waals surface area (Å²) in [5.74, 6) is 0.832. The van der Waals surface area contributed by atoms with Crippen molar-refractivity contribution in [3.63, 3.8) is 0 Å². The number of amides is 2. The zero-order chi connectivity index (χ0) is 19.7. The van der Waals surface area contributed by atoms with Crippen LogP contribution in [0.15, 0.2) is 36.0 Å². The fourth-order valence-corrected chi connectivity index (χ4v) is 2.99. The second-order valence-corrected chi connectivity index (χ2v) is 8.60. The lowest BCUT2D eigenvalue weighted by molar-refractivity contribution is -0.123. The van der Waals surface area contributed by atoms with E-state index < -0.39 is 5.41 Å². The van der Waals surface area contributed by atoms with Gasteiger partial charge in [0.15, 0.2) is 0 Å². The maximum Gasteiger partial charge on any atom is 0.249 e. The lowest BCUT2D eigenvalue weighted by Gasteiger charge is -2.18. The zero-order valence-corrected chi connectivity index (χ0v) is 17.4. The fraction of sp³-hybridized carbons (Fsp3) is 0.500. The maximum absolute atomic E-state index is 12.3. The van der Waals surface area contributed by atoms with Gasteiger partial charge >= 0.3 is 0 Å². The molecule has 1 atom stereocenters. The summed E-state index contributed by atoms with van der Waals surface area (Å²) >= 11 is 1.72. The van der Waals surface area contributed by atoms with Crippen molar-refractivity contribution in [1.29, 1.82) is 0 Å². The third kappa shape index (κ3) is 7.12. The van der Waals surface area contributed by atoms with Crippen molar-refractivity contribution in [3.8, 4) is 0 Å². The van der Waals surface area contributed by atoms with Gasteiger partial charge in [-0.3, -0.25) is 9.59 Å². The number of benzene rings is 1. The van der Waals surface area contributed by atoms with E-state index in [2.05, 4.69) is 22.9 Å². The minimum atomic E-state index is -0.457. The van der Waals surface area contributed by atoms with Crippen LogP contribution in [0.2, 0.25) is 0 Å². The molecule has 0 aromatic heterocycles. The molecule has 0 aliphatic carbocycles. The van der Waals surface area contributed by atoms with Gasteiger partial charge in [0, 0.05) is 40.4 Å². The van der Waals surface area contributed by atoms with E-state index in [-0.39, 0.29) is 17.1 Å². The summed E-state index contributed by atoms with van der Waals surface area (Å²) in [6.07, 6.45) is 1.75. The molecule has 0 saturated carbocycles. The molecule has 1 unspecified atom stereocenters. The summed E-state index contributed by atoms with van der Waals surface area (Å²) < 4.78 is 0. The summed E-state index contributed by atoms with van der Waals surface area (Å²) in [5, 5.41) is 9.04. The van der Waals surface area contributed by atoms with Gasteiger partial charge in [-0.25, -0.2) is 0 Å². The van der Waals surface area contributed by atoms with Gasteiger partial charge in [-0.15, -0.1) is 0 Å². The Morgan fingerprint density at radius 1 is 1.19 bits per heavy atom. The number of anilines is 2. The first-order chi connectivity index (χ1) is 12.2. The average Bonchev–Trinajstić information content (AvgIpc) is 2.55. The topological polar surface area (TPSA) is 70.2 Å². The molecule has 3 N–H and O–H groups in total. The standard InChI is InChI=1S/C20H31N3O2S/c1-7-21-18(24)17(14(3)26-8-2)13-22-15-10-9-11-16(12-15)23-19(25)20(4,5)6/h9-14,22H,7-8H2,1-6H3,(H,21,24)(H,23,25). The van der Waals surface area contributed by atoms with Crippen molar-refractivity contribution in [2.24, 2.45) is 5.41 Å². The SMILES string of the molecule is CCNC(=O)C(=CNc1cccc(NC(=O)C(C)(C)C)c1)C(C)SCC. The van der Waals surface area contributed by atoms with Crippen LogP contribution < -0.4 is 16.0 Å². The summed E-state index contributed by atoms with van der Waals surface area (Å²) in [7, 11) is 0. The molecule has 0 spiro atoms. The summed E-state index contributed by atoms with van der Waals surface area (Å²) in [6, 6.07) is 7.46. The van der Waals surface area contributed by atoms with Crippen LogP contribution in [0.25, 0.3) is 0 Å². The van der Waals surface area contributed by atoms with Gasteiger partial charge in [0.2, 0.25) is 11.8 Å². The highest BCUT2D eigenvalue weighted by atomic mass is 32.2. The Kier molecular flexibility index (Phi) is 8.72. The van der Waals surface area contributed by atoms with Gasteiger partial charge in [-0.2, -0.15) is 11.8 Å². The first kappa shape index (κ1) is 22.1. The van der Waals surface area contributed by atoms with Crippen LogP contribution in [-0.4, -0.2) is 29.4 Å². The Bertz CT molecular complexity index is 651. The first-order valence-corrected chi connectivity index (χ1v) is 10.0. The highest BCUT2D eigenvalue weighted by Gasteiger charge is 2.21. The van der Waals surface area contributed by atoms with Crippen molar-refractivity contribution in [2.45, 2.75) is 46.8 Å². The lowest BCUT2D eigenvalue weighted by atomic mass is 9.95. The molecule has 0 aliphatic heterocycles. The number of hydrogen-bond donors (Lipinski definition) is 3. The van der Waals surface area contributed by atoms with E-state index in [9.17, 15) is 9.59 Å². The van der Waals surface area contributed by atoms with Gasteiger partial charge in [0.1, 0.15) is 0 Å². The quantitative estimate of drug-likeness (QED) is 0.593. The van der Waals surface area contributed by atoms with Gasteiger partial charge < -0.3 is 16.0 Å². The predicted octanol–water partition coefficient (Wildman–Crippen LogP) is 4.24. The minimum absolute atomic E-state index is 0.0406. The van der Waals surface area contributed by atoms with Crippen LogP contribution in [0.4, 0.5) is 11.4 Å². The molecule has 0 radical (unpaired) electrons. The molecule has 1 aromatic carbocycles. The zero-order valence-electron chi connectivity index (χ0n) is 16.6. The van der Waals surface area contributed by atoms with Gasteiger partial charge in [0.05, 0.1) is 0 Å². The van der Waals surface area contributed by atoms with E-state index >= 15 is 0 Å². The maximum atomic E-state index is 12.3. The largest absolute Gasteiger partial charge is 0.361 e. The number of rotatable bonds is 8. The minimum Gasteiger partial charge on any atom is -0.361 e. The number of nitrogens with one attached hydrogen (secondary N) is 3. The number of hydrogen-bond acceptors (Lipinski definition) is 4. The molecular formula is C20H31N3O2S. The summed E-state index contributed by atoms with van der Waals surface area (Å²) in [6.45, 7) is 12.2. The van der Waals surface area contributed by atoms with E-state index in [0.29, 0.717) is 12.1 Å². The highest BCUT2D eigenvalue weighted by Crippen LogP contribution is 2.22. The molecule has 2 amide bonds. The lowest BCUT2D eigenvalue weighted by Crippen LogP contribution is -2.29. The van der Waals surface area contributed by atoms with Gasteiger partial charge in [-0.1, -0.05) is 33.8 Å². The molecule has 144 valence electrons. The van der Waals surface area contributed by atoms with Crippen LogP contribution in [0.5, 0.6) is 0 Å². The van der Waals surface area contributed by atoms with Crippen LogP contribution in [0, 0.1) is 5.41 Å². The van der Waals surface area contributed by atoms with Crippen LogP contribution >= 0.6 is 11.8 Å². The molecule has 0 bridgehead atoms. The predicted molar refractivity (Wildman–Crippen MR) is 113 cm³/mol. The second-order valence-electron chi connectivity index (χ2n) is 6.99. The van der Waals surface area contributed by atoms with Crippen molar-refractivity contribution < 1.29 is 9.59 Å². The Balaban J connectivity index is 2.93. The summed E-state index contributed by atoms with van der Waals surface area (Å²) in [5.41, 5.74) is 1.77. The molecule has 26 heavy (non-hydrogen) atoms. The Morgan fingerprint density at radius 3 is 2.42 bits per heavy atom. The van der Waals surface area contributed by atoms with Crippen molar-refractivity contribution in [3.05, 3.63) is 36.0 Å². The van der Waals surface area contributed by atoms with E-state index in [0.717, 1.165) is 17.1 Å². The molecule has 0 fully saturated rings. The van der Waals surface area contributed by atoms with Gasteiger partial charge in [-0.05, 0) is 37.8 Å². The molecule has 5 nitrogen and oxygen atoms in total. The van der Waals surface area contributed by atoms with E-state index in [1.807, 2.05) is 58.9 Å². The molecular weight excluding hydrogens is 346 g/mol. The monoisotopic (exact) mass is 377 g/mol. The summed E-state index contributed by atoms with van der Waals surface area (Å²) in [4.78, 5) is 24.4. The second kappa shape index (κ2) is 10.3. The van der Waals surface area contributed by atoms with Crippen molar-refractivity contribution in [2.75, 3.05) is 22.9 Å². The molecule has 1 aromatic rings. The molecule has 1 rings (SSSR count). The first-order valence-electron chi connectivity index (χ1n) is 8.97. The molecule has 0 aliphatic rings. The fourth-order valence-electron chi connectivity index (χ4n) is 2.14. The Morgan fingerprint density at radius 2 is 1.85 bits per heavy atom. The third-order valence-corrected chi connectivity index (χ3v) is 4.74. The van der Waals surface area contributed by atoms with Gasteiger partial charge in [0.25, 0.3) is 0 Å². The number of thioether (sulfide) groups is 1. The van der Waals surface area contributed by atoms with E-state index in [4.69, 9.17) is 0 Å². The number of carbonyl (C=O) groups is 2. The third-order valence-electron chi connectivity index (χ3n) is 3.65. The van der Waals surface area contributed by atoms with E-state index in [1.165, 1.54) is 0 Å². The molecule has 6 heteroatoms. The smallest absolute Gasteiger partial charge is 0.249 e. The number of carbonyl (C=O) groups excluding carboxylic acids is 2. The van der Waals surface area contributed by atoms with E-state index in [1.54, 1.807) is 18.0 Å². The van der Waals surface area contributed by atoms with Crippen LogP contribution in [0.1, 0.15) is 41.5 Å². The van der Waals surface area contributed by atoms with Crippen molar-refractivity contribution >= 4 is 35.0 Å². The van der Waals surface area contributed by atoms with Crippen LogP contribution in [0.3, 0.4) is 0 Å². The number of likely N-dealkylation sites (N-methyl/N-ethyl adjacent to an activating group) is 1. The Labute approximate surface area is 161 Å². The Hall–Kier alpha value is -1.95. The van der Waals surface area contributed by atoms with Crippen molar-refractivity contribution in [1.82, 2.24) is 5.32 Å². The highest BCUT2D eigenvalue weighted by molar-refractivity contribution is 8.00. The molecule has 0 heterocycles. The van der Waals surface area contributed by atoms with Crippen LogP contribution in [-0.2, 0) is 9.59 Å². The normalized spacial score (nSPS) is 13.1.